The third-order valence-corrected chi connectivity index (χ3v) is 2.39. The van der Waals surface area contributed by atoms with Crippen molar-refractivity contribution in [2.75, 3.05) is 25.6 Å². The van der Waals surface area contributed by atoms with Gasteiger partial charge in [-0.15, -0.1) is 0 Å². The molecule has 0 aliphatic rings. The maximum Gasteiger partial charge on any atom is 0.132 e. The molecule has 0 fully saturated rings. The van der Waals surface area contributed by atoms with Gasteiger partial charge in [0.1, 0.15) is 18.2 Å². The minimum atomic E-state index is 0.468. The van der Waals surface area contributed by atoms with Crippen LogP contribution < -0.4 is 10.5 Å². The maximum atomic E-state index is 5.73. The van der Waals surface area contributed by atoms with E-state index in [0.29, 0.717) is 25.6 Å². The standard InChI is InChI=1S/C13H16N2O2/c1-2-16-7-8-17-12-9-13(14)15-11-6-4-3-5-10(11)12/h3-6,9H,2,7-8H2,1H3,(H2,14,15). The molecule has 2 rings (SSSR count). The van der Waals surface area contributed by atoms with E-state index in [4.69, 9.17) is 15.2 Å². The molecule has 1 aromatic carbocycles. The zero-order chi connectivity index (χ0) is 12.1. The SMILES string of the molecule is CCOCCOc1cc(N)nc2ccccc12. The van der Waals surface area contributed by atoms with Crippen LogP contribution in [0.2, 0.25) is 0 Å². The summed E-state index contributed by atoms with van der Waals surface area (Å²) in [6.07, 6.45) is 0. The van der Waals surface area contributed by atoms with E-state index in [1.54, 1.807) is 6.07 Å². The fourth-order valence-corrected chi connectivity index (χ4v) is 1.64. The van der Waals surface area contributed by atoms with Crippen LogP contribution in [0.3, 0.4) is 0 Å². The third-order valence-electron chi connectivity index (χ3n) is 2.39. The van der Waals surface area contributed by atoms with Gasteiger partial charge >= 0.3 is 0 Å². The summed E-state index contributed by atoms with van der Waals surface area (Å²) in [7, 11) is 0. The summed E-state index contributed by atoms with van der Waals surface area (Å²) in [4.78, 5) is 4.25. The Kier molecular flexibility index (Phi) is 3.77. The number of hydrogen-bond acceptors (Lipinski definition) is 4. The van der Waals surface area contributed by atoms with Crippen molar-refractivity contribution in [3.63, 3.8) is 0 Å². The number of nitrogens with zero attached hydrogens (tertiary/aromatic N) is 1. The van der Waals surface area contributed by atoms with Gasteiger partial charge in [0.15, 0.2) is 0 Å². The first-order valence-electron chi connectivity index (χ1n) is 5.67. The minimum Gasteiger partial charge on any atom is -0.490 e. The van der Waals surface area contributed by atoms with Crippen molar-refractivity contribution < 1.29 is 9.47 Å². The lowest BCUT2D eigenvalue weighted by Crippen LogP contribution is -2.07. The molecule has 0 aliphatic carbocycles. The van der Waals surface area contributed by atoms with Crippen molar-refractivity contribution in [3.8, 4) is 5.75 Å². The molecule has 0 aliphatic heterocycles. The van der Waals surface area contributed by atoms with Gasteiger partial charge < -0.3 is 15.2 Å². The number of ether oxygens (including phenoxy) is 2. The van der Waals surface area contributed by atoms with Crippen molar-refractivity contribution in [3.05, 3.63) is 30.3 Å². The first-order chi connectivity index (χ1) is 8.31. The minimum absolute atomic E-state index is 0.468. The Hall–Kier alpha value is -1.81. The molecule has 0 unspecified atom stereocenters. The predicted molar refractivity (Wildman–Crippen MR) is 68.1 cm³/mol. The van der Waals surface area contributed by atoms with E-state index < -0.39 is 0 Å². The number of aromatic nitrogens is 1. The number of para-hydroxylation sites is 1. The highest BCUT2D eigenvalue weighted by molar-refractivity contribution is 5.86. The van der Waals surface area contributed by atoms with Crippen LogP contribution in [0.25, 0.3) is 10.9 Å². The van der Waals surface area contributed by atoms with Gasteiger partial charge in [-0.25, -0.2) is 4.98 Å². The van der Waals surface area contributed by atoms with Gasteiger partial charge in [-0.05, 0) is 19.1 Å². The van der Waals surface area contributed by atoms with Crippen LogP contribution >= 0.6 is 0 Å². The lowest BCUT2D eigenvalue weighted by Gasteiger charge is -2.09. The zero-order valence-electron chi connectivity index (χ0n) is 9.85. The summed E-state index contributed by atoms with van der Waals surface area (Å²) >= 11 is 0. The Labute approximate surface area is 100 Å². The molecule has 0 amide bonds. The van der Waals surface area contributed by atoms with Crippen LogP contribution in [-0.2, 0) is 4.74 Å². The Morgan fingerprint density at radius 1 is 1.24 bits per heavy atom. The van der Waals surface area contributed by atoms with Crippen molar-refractivity contribution >= 4 is 16.7 Å². The molecule has 0 saturated carbocycles. The number of anilines is 1. The smallest absolute Gasteiger partial charge is 0.132 e. The monoisotopic (exact) mass is 232 g/mol. The second-order valence-corrected chi connectivity index (χ2v) is 3.61. The van der Waals surface area contributed by atoms with Gasteiger partial charge in [-0.2, -0.15) is 0 Å². The number of nitrogen functional groups attached to an aromatic ring is 1. The number of fused-ring (bicyclic) bond motifs is 1. The summed E-state index contributed by atoms with van der Waals surface area (Å²) in [6.45, 7) is 3.75. The number of hydrogen-bond donors (Lipinski definition) is 1. The molecule has 0 radical (unpaired) electrons. The topological polar surface area (TPSA) is 57.4 Å². The maximum absolute atomic E-state index is 5.73. The van der Waals surface area contributed by atoms with Crippen molar-refractivity contribution in [2.24, 2.45) is 0 Å². The van der Waals surface area contributed by atoms with E-state index >= 15 is 0 Å². The van der Waals surface area contributed by atoms with E-state index in [2.05, 4.69) is 4.98 Å². The molecule has 17 heavy (non-hydrogen) atoms. The number of benzene rings is 1. The molecule has 0 saturated heterocycles. The van der Waals surface area contributed by atoms with Gasteiger partial charge in [0.05, 0.1) is 12.1 Å². The average Bonchev–Trinajstić information content (AvgIpc) is 2.34. The van der Waals surface area contributed by atoms with Gasteiger partial charge in [0.25, 0.3) is 0 Å². The Bertz CT molecular complexity index is 500. The largest absolute Gasteiger partial charge is 0.490 e. The first-order valence-corrected chi connectivity index (χ1v) is 5.67. The molecule has 4 heteroatoms. The second-order valence-electron chi connectivity index (χ2n) is 3.61. The third kappa shape index (κ3) is 2.85. The summed E-state index contributed by atoms with van der Waals surface area (Å²) in [6, 6.07) is 9.52. The molecule has 4 nitrogen and oxygen atoms in total. The van der Waals surface area contributed by atoms with E-state index in [0.717, 1.165) is 16.7 Å². The molecule has 0 bridgehead atoms. The highest BCUT2D eigenvalue weighted by atomic mass is 16.5. The van der Waals surface area contributed by atoms with Gasteiger partial charge in [0.2, 0.25) is 0 Å². The normalized spacial score (nSPS) is 10.6. The Morgan fingerprint density at radius 2 is 2.06 bits per heavy atom. The molecule has 1 aromatic heterocycles. The van der Waals surface area contributed by atoms with Crippen molar-refractivity contribution in [1.29, 1.82) is 0 Å². The predicted octanol–water partition coefficient (Wildman–Crippen LogP) is 2.23. The molecule has 90 valence electrons. The second kappa shape index (κ2) is 5.50. The van der Waals surface area contributed by atoms with Crippen LogP contribution in [0.1, 0.15) is 6.92 Å². The molecule has 1 heterocycles. The van der Waals surface area contributed by atoms with E-state index in [-0.39, 0.29) is 0 Å². The van der Waals surface area contributed by atoms with Crippen molar-refractivity contribution in [1.82, 2.24) is 4.98 Å². The number of pyridine rings is 1. The lowest BCUT2D eigenvalue weighted by atomic mass is 10.2. The Balaban J connectivity index is 2.20. The first kappa shape index (κ1) is 11.7. The van der Waals surface area contributed by atoms with Crippen LogP contribution in [0.4, 0.5) is 5.82 Å². The molecule has 2 aromatic rings. The van der Waals surface area contributed by atoms with Crippen LogP contribution in [0, 0.1) is 0 Å². The van der Waals surface area contributed by atoms with E-state index in [1.165, 1.54) is 0 Å². The van der Waals surface area contributed by atoms with Crippen LogP contribution in [-0.4, -0.2) is 24.8 Å². The fourth-order valence-electron chi connectivity index (χ4n) is 1.64. The molecular weight excluding hydrogens is 216 g/mol. The average molecular weight is 232 g/mol. The zero-order valence-corrected chi connectivity index (χ0v) is 9.85. The fraction of sp³-hybridized carbons (Fsp3) is 0.308. The summed E-state index contributed by atoms with van der Waals surface area (Å²) in [5.41, 5.74) is 6.58. The highest BCUT2D eigenvalue weighted by Gasteiger charge is 2.04. The van der Waals surface area contributed by atoms with Crippen molar-refractivity contribution in [2.45, 2.75) is 6.92 Å². The summed E-state index contributed by atoms with van der Waals surface area (Å²) < 4.78 is 10.9. The number of rotatable bonds is 5. The Morgan fingerprint density at radius 3 is 2.88 bits per heavy atom. The molecule has 0 atom stereocenters. The lowest BCUT2D eigenvalue weighted by molar-refractivity contribution is 0.111. The van der Waals surface area contributed by atoms with Gasteiger partial charge in [-0.1, -0.05) is 12.1 Å². The highest BCUT2D eigenvalue weighted by Crippen LogP contribution is 2.26. The molecule has 0 spiro atoms. The number of nitrogens with two attached hydrogens (primary N) is 1. The van der Waals surface area contributed by atoms with Gasteiger partial charge in [0, 0.05) is 18.1 Å². The van der Waals surface area contributed by atoms with Gasteiger partial charge in [-0.3, -0.25) is 0 Å². The summed E-state index contributed by atoms with van der Waals surface area (Å²) in [5, 5.41) is 0.971. The van der Waals surface area contributed by atoms with Crippen LogP contribution in [0.15, 0.2) is 30.3 Å². The van der Waals surface area contributed by atoms with E-state index in [9.17, 15) is 0 Å². The van der Waals surface area contributed by atoms with E-state index in [1.807, 2.05) is 31.2 Å². The molecular formula is C13H16N2O2. The summed E-state index contributed by atoms with van der Waals surface area (Å²) in [5.74, 6) is 1.22. The quantitative estimate of drug-likeness (QED) is 0.803. The van der Waals surface area contributed by atoms with Crippen LogP contribution in [0.5, 0.6) is 5.75 Å². The molecule has 2 N–H and O–H groups in total.